The molecule has 5 nitrogen and oxygen atoms in total. The number of hydrogen-bond donors (Lipinski definition) is 2. The highest BCUT2D eigenvalue weighted by Gasteiger charge is 2.11. The molecule has 1 heterocycles. The van der Waals surface area contributed by atoms with Crippen molar-refractivity contribution in [3.05, 3.63) is 71.5 Å². The van der Waals surface area contributed by atoms with Crippen molar-refractivity contribution in [1.29, 1.82) is 0 Å². The minimum Gasteiger partial charge on any atom is -0.478 e. The molecule has 2 aromatic carbocycles. The van der Waals surface area contributed by atoms with E-state index in [4.69, 9.17) is 9.52 Å². The van der Waals surface area contributed by atoms with Crippen LogP contribution in [0, 0.1) is 0 Å². The number of amides is 1. The van der Waals surface area contributed by atoms with Gasteiger partial charge in [-0.15, -0.1) is 0 Å². The number of furan rings is 1. The normalized spacial score (nSPS) is 10.5. The minimum absolute atomic E-state index is 0.215. The van der Waals surface area contributed by atoms with Crippen LogP contribution >= 0.6 is 0 Å². The minimum atomic E-state index is -0.974. The van der Waals surface area contributed by atoms with E-state index in [0.29, 0.717) is 12.1 Å². The second-order valence-electron chi connectivity index (χ2n) is 4.83. The Bertz CT molecular complexity index is 800. The van der Waals surface area contributed by atoms with E-state index in [0.717, 1.165) is 10.9 Å². The average molecular weight is 295 g/mol. The Balaban J connectivity index is 1.67. The van der Waals surface area contributed by atoms with E-state index in [9.17, 15) is 9.59 Å². The Labute approximate surface area is 126 Å². The van der Waals surface area contributed by atoms with E-state index < -0.39 is 5.97 Å². The molecule has 2 N–H and O–H groups in total. The van der Waals surface area contributed by atoms with Crippen LogP contribution in [-0.4, -0.2) is 17.0 Å². The van der Waals surface area contributed by atoms with Gasteiger partial charge in [0.2, 0.25) is 0 Å². The Morgan fingerprint density at radius 2 is 1.77 bits per heavy atom. The summed E-state index contributed by atoms with van der Waals surface area (Å²) in [5.74, 6) is -1.03. The van der Waals surface area contributed by atoms with Crippen LogP contribution in [0.1, 0.15) is 26.5 Å². The van der Waals surface area contributed by atoms with E-state index in [1.165, 1.54) is 12.1 Å². The number of benzene rings is 2. The number of aromatic carboxylic acids is 1. The molecule has 1 amide bonds. The van der Waals surface area contributed by atoms with Crippen LogP contribution in [-0.2, 0) is 6.54 Å². The van der Waals surface area contributed by atoms with Crippen molar-refractivity contribution in [2.24, 2.45) is 0 Å². The highest BCUT2D eigenvalue weighted by atomic mass is 16.4. The maximum Gasteiger partial charge on any atom is 0.335 e. The molecule has 3 rings (SSSR count). The monoisotopic (exact) mass is 295 g/mol. The maximum atomic E-state index is 12.1. The molecule has 0 atom stereocenters. The van der Waals surface area contributed by atoms with Gasteiger partial charge in [0.15, 0.2) is 5.76 Å². The van der Waals surface area contributed by atoms with Gasteiger partial charge in [-0.2, -0.15) is 0 Å². The van der Waals surface area contributed by atoms with Crippen LogP contribution in [0.5, 0.6) is 0 Å². The fraction of sp³-hybridized carbons (Fsp3) is 0.0588. The molecule has 1 aromatic heterocycles. The quantitative estimate of drug-likeness (QED) is 0.775. The van der Waals surface area contributed by atoms with Gasteiger partial charge >= 0.3 is 5.97 Å². The fourth-order valence-electron chi connectivity index (χ4n) is 2.13. The predicted octanol–water partition coefficient (Wildman–Crippen LogP) is 3.06. The van der Waals surface area contributed by atoms with E-state index in [-0.39, 0.29) is 17.2 Å². The van der Waals surface area contributed by atoms with E-state index in [1.54, 1.807) is 24.3 Å². The summed E-state index contributed by atoms with van der Waals surface area (Å²) in [5, 5.41) is 12.4. The van der Waals surface area contributed by atoms with Crippen LogP contribution in [0.4, 0.5) is 0 Å². The summed E-state index contributed by atoms with van der Waals surface area (Å²) < 4.78 is 5.48. The van der Waals surface area contributed by atoms with Gasteiger partial charge in [0.25, 0.3) is 5.91 Å². The van der Waals surface area contributed by atoms with Gasteiger partial charge in [0.05, 0.1) is 5.56 Å². The molecule has 0 aliphatic rings. The van der Waals surface area contributed by atoms with E-state index in [2.05, 4.69) is 5.32 Å². The third-order valence-corrected chi connectivity index (χ3v) is 3.30. The molecule has 0 aliphatic heterocycles. The van der Waals surface area contributed by atoms with Gasteiger partial charge in [-0.25, -0.2) is 4.79 Å². The number of rotatable bonds is 4. The van der Waals surface area contributed by atoms with Crippen molar-refractivity contribution < 1.29 is 19.1 Å². The lowest BCUT2D eigenvalue weighted by atomic mass is 10.1. The van der Waals surface area contributed by atoms with Crippen LogP contribution < -0.4 is 5.32 Å². The molecule has 0 saturated heterocycles. The van der Waals surface area contributed by atoms with Crippen molar-refractivity contribution in [2.75, 3.05) is 0 Å². The van der Waals surface area contributed by atoms with Crippen molar-refractivity contribution in [2.45, 2.75) is 6.54 Å². The number of para-hydroxylation sites is 1. The Morgan fingerprint density at radius 1 is 1.05 bits per heavy atom. The van der Waals surface area contributed by atoms with Crippen LogP contribution in [0.25, 0.3) is 11.0 Å². The fourth-order valence-corrected chi connectivity index (χ4v) is 2.13. The third kappa shape index (κ3) is 2.83. The smallest absolute Gasteiger partial charge is 0.335 e. The summed E-state index contributed by atoms with van der Waals surface area (Å²) in [7, 11) is 0. The highest BCUT2D eigenvalue weighted by Crippen LogP contribution is 2.18. The van der Waals surface area contributed by atoms with E-state index >= 15 is 0 Å². The number of carbonyl (C=O) groups excluding carboxylic acids is 1. The first-order valence-corrected chi connectivity index (χ1v) is 6.72. The molecule has 0 aliphatic carbocycles. The number of carboxylic acid groups (broad SMARTS) is 1. The second-order valence-corrected chi connectivity index (χ2v) is 4.83. The maximum absolute atomic E-state index is 12.1. The number of nitrogens with one attached hydrogen (secondary N) is 1. The zero-order chi connectivity index (χ0) is 15.5. The first kappa shape index (κ1) is 13.9. The highest BCUT2D eigenvalue weighted by molar-refractivity contribution is 5.96. The summed E-state index contributed by atoms with van der Waals surface area (Å²) in [5.41, 5.74) is 1.69. The molecule has 110 valence electrons. The van der Waals surface area contributed by atoms with Crippen molar-refractivity contribution in [3.8, 4) is 0 Å². The van der Waals surface area contributed by atoms with Crippen molar-refractivity contribution in [1.82, 2.24) is 5.32 Å². The first-order chi connectivity index (χ1) is 10.6. The van der Waals surface area contributed by atoms with Crippen LogP contribution in [0.15, 0.2) is 59.0 Å². The van der Waals surface area contributed by atoms with Gasteiger partial charge in [-0.1, -0.05) is 30.3 Å². The Kier molecular flexibility index (Phi) is 3.62. The van der Waals surface area contributed by atoms with Gasteiger partial charge < -0.3 is 14.8 Å². The molecule has 0 fully saturated rings. The molecule has 5 heteroatoms. The summed E-state index contributed by atoms with van der Waals surface area (Å²) in [6.45, 7) is 0.301. The first-order valence-electron chi connectivity index (χ1n) is 6.72. The zero-order valence-electron chi connectivity index (χ0n) is 11.6. The van der Waals surface area contributed by atoms with Gasteiger partial charge in [0.1, 0.15) is 5.58 Å². The van der Waals surface area contributed by atoms with Crippen LogP contribution in [0.2, 0.25) is 0 Å². The van der Waals surface area contributed by atoms with Gasteiger partial charge in [0, 0.05) is 11.9 Å². The second kappa shape index (κ2) is 5.73. The SMILES string of the molecule is O=C(O)c1ccc(CNC(=O)c2cc3ccccc3o2)cc1. The molecular formula is C17H13NO4. The summed E-state index contributed by atoms with van der Waals surface area (Å²) >= 11 is 0. The molecule has 0 spiro atoms. The lowest BCUT2D eigenvalue weighted by molar-refractivity contribution is 0.0696. The predicted molar refractivity (Wildman–Crippen MR) is 80.8 cm³/mol. The molecule has 22 heavy (non-hydrogen) atoms. The van der Waals surface area contributed by atoms with Gasteiger partial charge in [-0.3, -0.25) is 4.79 Å². The summed E-state index contributed by atoms with van der Waals surface area (Å²) in [6.07, 6.45) is 0. The number of carbonyl (C=O) groups is 2. The molecule has 0 radical (unpaired) electrons. The Hall–Kier alpha value is -3.08. The van der Waals surface area contributed by atoms with Crippen LogP contribution in [0.3, 0.4) is 0 Å². The standard InChI is InChI=1S/C17H13NO4/c19-16(15-9-13-3-1-2-4-14(13)22-15)18-10-11-5-7-12(8-6-11)17(20)21/h1-9H,10H2,(H,18,19)(H,20,21). The molecule has 0 saturated carbocycles. The molecular weight excluding hydrogens is 282 g/mol. The van der Waals surface area contributed by atoms with Crippen molar-refractivity contribution >= 4 is 22.8 Å². The topological polar surface area (TPSA) is 79.5 Å². The van der Waals surface area contributed by atoms with Crippen molar-refractivity contribution in [3.63, 3.8) is 0 Å². The number of carboxylic acids is 1. The van der Waals surface area contributed by atoms with E-state index in [1.807, 2.05) is 18.2 Å². The summed E-state index contributed by atoms with van der Waals surface area (Å²) in [6, 6.07) is 15.4. The lowest BCUT2D eigenvalue weighted by Crippen LogP contribution is -2.22. The Morgan fingerprint density at radius 3 is 2.45 bits per heavy atom. The number of hydrogen-bond acceptors (Lipinski definition) is 3. The third-order valence-electron chi connectivity index (χ3n) is 3.30. The average Bonchev–Trinajstić information content (AvgIpc) is 2.97. The lowest BCUT2D eigenvalue weighted by Gasteiger charge is -2.03. The zero-order valence-corrected chi connectivity index (χ0v) is 11.6. The largest absolute Gasteiger partial charge is 0.478 e. The molecule has 3 aromatic rings. The molecule has 0 unspecified atom stereocenters. The molecule has 0 bridgehead atoms. The number of fused-ring (bicyclic) bond motifs is 1. The summed E-state index contributed by atoms with van der Waals surface area (Å²) in [4.78, 5) is 22.8. The van der Waals surface area contributed by atoms with Gasteiger partial charge in [-0.05, 0) is 29.8 Å².